The number of hydrogen-bond donors (Lipinski definition) is 10. The van der Waals surface area contributed by atoms with Gasteiger partial charge in [-0.15, -0.1) is 0 Å². The summed E-state index contributed by atoms with van der Waals surface area (Å²) in [5.41, 5.74) is 11.6. The number of carbonyl (C=O) groups excluding carboxylic acids is 7. The van der Waals surface area contributed by atoms with Crippen LogP contribution in [-0.4, -0.2) is 142 Å². The van der Waals surface area contributed by atoms with Gasteiger partial charge in [0.15, 0.2) is 0 Å². The number of nitrogens with zero attached hydrogens (tertiary/aromatic N) is 1. The third-order valence-corrected chi connectivity index (χ3v) is 11.4. The zero-order valence-corrected chi connectivity index (χ0v) is 37.6. The highest BCUT2D eigenvalue weighted by Crippen LogP contribution is 2.19. The van der Waals surface area contributed by atoms with E-state index in [9.17, 15) is 53.4 Å². The van der Waals surface area contributed by atoms with E-state index in [0.717, 1.165) is 0 Å². The summed E-state index contributed by atoms with van der Waals surface area (Å²) in [7, 11) is 0. The minimum atomic E-state index is -1.69. The Kier molecular flexibility index (Phi) is 25.2. The maximum Gasteiger partial charge on any atom is 0.326 e. The van der Waals surface area contributed by atoms with Gasteiger partial charge in [0.05, 0.1) is 19.0 Å². The van der Waals surface area contributed by atoms with E-state index >= 15 is 0 Å². The zero-order chi connectivity index (χ0) is 46.4. The van der Waals surface area contributed by atoms with Crippen molar-refractivity contribution in [2.24, 2.45) is 29.2 Å². The minimum absolute atomic E-state index is 0.0685. The van der Waals surface area contributed by atoms with Crippen molar-refractivity contribution in [3.8, 4) is 0 Å². The fourth-order valence-corrected chi connectivity index (χ4v) is 7.16. The third-order valence-electron chi connectivity index (χ3n) is 10.8. The van der Waals surface area contributed by atoms with Gasteiger partial charge in [-0.1, -0.05) is 54.4 Å². The molecule has 21 heteroatoms. The van der Waals surface area contributed by atoms with Gasteiger partial charge in [-0.3, -0.25) is 38.4 Å². The normalized spacial score (nSPS) is 17.7. The summed E-state index contributed by atoms with van der Waals surface area (Å²) < 4.78 is 0. The molecule has 1 aliphatic heterocycles. The molecule has 1 saturated heterocycles. The number of carboxylic acid groups (broad SMARTS) is 2. The predicted molar refractivity (Wildman–Crippen MR) is 230 cm³/mol. The van der Waals surface area contributed by atoms with E-state index in [1.54, 1.807) is 34.0 Å². The number of thioether (sulfide) groups is 1. The number of carbonyl (C=O) groups is 9. The first kappa shape index (κ1) is 54.5. The number of likely N-dealkylation sites (tertiary alicyclic amines) is 1. The molecular weight excluding hydrogens is 815 g/mol. The van der Waals surface area contributed by atoms with Crippen LogP contribution in [0.4, 0.5) is 0 Å². The number of nitrogens with one attached hydrogen (secondary N) is 6. The Bertz CT molecular complexity index is 1500. The molecular formula is C40H71N9O11S. The molecule has 61 heavy (non-hydrogen) atoms. The van der Waals surface area contributed by atoms with E-state index < -0.39 is 120 Å². The van der Waals surface area contributed by atoms with Crippen LogP contribution in [0.3, 0.4) is 0 Å². The highest BCUT2D eigenvalue weighted by molar-refractivity contribution is 7.98. The second kappa shape index (κ2) is 28.2. The average Bonchev–Trinajstić information content (AvgIpc) is 3.71. The Morgan fingerprint density at radius 1 is 0.738 bits per heavy atom. The van der Waals surface area contributed by atoms with E-state index in [1.165, 1.54) is 16.7 Å². The summed E-state index contributed by atoms with van der Waals surface area (Å²) in [5.74, 6) is -8.15. The molecule has 0 aliphatic carbocycles. The predicted octanol–water partition coefficient (Wildman–Crippen LogP) is -0.575. The summed E-state index contributed by atoms with van der Waals surface area (Å²) in [4.78, 5) is 119. The SMILES string of the molecule is CC[C@H](C)[C@H](NC(=O)[C@@H](NC(=O)[C@H](CC(=O)O)NC(=O)[C@H](CCSC)NC(=O)[C@@H]1CCCN1C(=O)CNC(=O)[C@H](CCCCN)NC(=O)[C@@H](N)CC(C)C)[C@@H](C)CC)C(=O)O. The largest absolute Gasteiger partial charge is 0.481 e. The molecule has 0 aromatic heterocycles. The number of unbranched alkanes of at least 4 members (excludes halogenated alkanes) is 1. The fourth-order valence-electron chi connectivity index (χ4n) is 6.69. The molecule has 1 aliphatic rings. The molecule has 0 aromatic carbocycles. The number of rotatable bonds is 29. The van der Waals surface area contributed by atoms with Gasteiger partial charge in [0.25, 0.3) is 0 Å². The molecule has 0 spiro atoms. The van der Waals surface area contributed by atoms with Crippen molar-refractivity contribution in [2.75, 3.05) is 31.6 Å². The third kappa shape index (κ3) is 19.0. The molecule has 1 rings (SSSR count). The van der Waals surface area contributed by atoms with Crippen molar-refractivity contribution >= 4 is 65.1 Å². The minimum Gasteiger partial charge on any atom is -0.481 e. The van der Waals surface area contributed by atoms with Gasteiger partial charge < -0.3 is 58.5 Å². The molecule has 12 N–H and O–H groups in total. The van der Waals surface area contributed by atoms with Crippen LogP contribution in [0.5, 0.6) is 0 Å². The maximum absolute atomic E-state index is 13.7. The second-order valence-corrected chi connectivity index (χ2v) is 17.1. The van der Waals surface area contributed by atoms with Crippen LogP contribution in [0.2, 0.25) is 0 Å². The Labute approximate surface area is 363 Å². The quantitative estimate of drug-likeness (QED) is 0.0421. The van der Waals surface area contributed by atoms with Crippen LogP contribution < -0.4 is 43.4 Å². The van der Waals surface area contributed by atoms with Crippen LogP contribution >= 0.6 is 11.8 Å². The summed E-state index contributed by atoms with van der Waals surface area (Å²) in [6.07, 6.45) is 4.30. The second-order valence-electron chi connectivity index (χ2n) is 16.1. The van der Waals surface area contributed by atoms with Gasteiger partial charge in [-0.25, -0.2) is 4.79 Å². The number of hydrogen-bond acceptors (Lipinski definition) is 12. The summed E-state index contributed by atoms with van der Waals surface area (Å²) in [6, 6.07) is -8.28. The van der Waals surface area contributed by atoms with Crippen LogP contribution in [0, 0.1) is 17.8 Å². The molecule has 0 bridgehead atoms. The molecule has 1 fully saturated rings. The summed E-state index contributed by atoms with van der Waals surface area (Å²) in [5, 5.41) is 34.7. The molecule has 348 valence electrons. The first-order chi connectivity index (χ1) is 28.7. The standard InChI is InChI=1S/C40H71N9O11S/c1-8-23(5)32(39(58)48-33(40(59)60)24(6)9-2)47-37(56)28(20-31(51)52)46-36(55)27(15-18-61-7)45-38(57)29-14-12-17-49(29)30(50)21-43-35(54)26(13-10-11-16-41)44-34(53)25(42)19-22(3)4/h22-29,32-33H,8-21,41-42H2,1-7H3,(H,43,54)(H,44,53)(H,45,57)(H,46,55)(H,47,56)(H,48,58)(H,51,52)(H,59,60)/t23-,24-,25-,26-,27-,28-,29-,32-,33-/m0/s1. The lowest BCUT2D eigenvalue weighted by atomic mass is 9.95. The lowest BCUT2D eigenvalue weighted by molar-refractivity contribution is -0.145. The Morgan fingerprint density at radius 2 is 1.31 bits per heavy atom. The van der Waals surface area contributed by atoms with Gasteiger partial charge >= 0.3 is 11.9 Å². The van der Waals surface area contributed by atoms with Crippen LogP contribution in [-0.2, 0) is 43.2 Å². The van der Waals surface area contributed by atoms with Gasteiger partial charge in [0, 0.05) is 6.54 Å². The van der Waals surface area contributed by atoms with Crippen LogP contribution in [0.15, 0.2) is 0 Å². The molecule has 20 nitrogen and oxygen atoms in total. The Balaban J connectivity index is 3.16. The number of carboxylic acids is 2. The fraction of sp³-hybridized carbons (Fsp3) is 0.775. The number of amides is 7. The maximum atomic E-state index is 13.7. The zero-order valence-electron chi connectivity index (χ0n) is 36.8. The van der Waals surface area contributed by atoms with Crippen molar-refractivity contribution in [3.63, 3.8) is 0 Å². The van der Waals surface area contributed by atoms with E-state index in [1.807, 2.05) is 13.8 Å². The molecule has 7 amide bonds. The van der Waals surface area contributed by atoms with Crippen molar-refractivity contribution in [3.05, 3.63) is 0 Å². The first-order valence-corrected chi connectivity index (χ1v) is 22.6. The smallest absolute Gasteiger partial charge is 0.326 e. The summed E-state index contributed by atoms with van der Waals surface area (Å²) in [6.45, 7) is 10.8. The average molecular weight is 886 g/mol. The van der Waals surface area contributed by atoms with E-state index in [4.69, 9.17) is 11.5 Å². The number of nitrogens with two attached hydrogens (primary N) is 2. The van der Waals surface area contributed by atoms with Crippen molar-refractivity contribution < 1.29 is 53.4 Å². The lowest BCUT2D eigenvalue weighted by Crippen LogP contribution is -2.60. The highest BCUT2D eigenvalue weighted by Gasteiger charge is 2.38. The Morgan fingerprint density at radius 3 is 1.87 bits per heavy atom. The molecule has 0 saturated carbocycles. The van der Waals surface area contributed by atoms with Gasteiger partial charge in [0.2, 0.25) is 41.4 Å². The summed E-state index contributed by atoms with van der Waals surface area (Å²) >= 11 is 1.37. The topological polar surface area (TPSA) is 322 Å². The van der Waals surface area contributed by atoms with Crippen LogP contribution in [0.1, 0.15) is 106 Å². The molecule has 9 atom stereocenters. The highest BCUT2D eigenvalue weighted by atomic mass is 32.2. The van der Waals surface area contributed by atoms with Crippen molar-refractivity contribution in [1.82, 2.24) is 36.8 Å². The molecule has 0 unspecified atom stereocenters. The van der Waals surface area contributed by atoms with E-state index in [2.05, 4.69) is 31.9 Å². The monoisotopic (exact) mass is 885 g/mol. The molecule has 1 heterocycles. The lowest BCUT2D eigenvalue weighted by Gasteiger charge is -2.29. The Hall–Kier alpha value is -4.50. The van der Waals surface area contributed by atoms with Crippen LogP contribution in [0.25, 0.3) is 0 Å². The van der Waals surface area contributed by atoms with E-state index in [0.29, 0.717) is 50.8 Å². The number of aliphatic carboxylic acids is 2. The van der Waals surface area contributed by atoms with E-state index in [-0.39, 0.29) is 31.7 Å². The van der Waals surface area contributed by atoms with Crippen molar-refractivity contribution in [2.45, 2.75) is 148 Å². The van der Waals surface area contributed by atoms with Gasteiger partial charge in [-0.2, -0.15) is 11.8 Å². The molecule has 0 aromatic rings. The first-order valence-electron chi connectivity index (χ1n) is 21.2. The van der Waals surface area contributed by atoms with Crippen molar-refractivity contribution in [1.29, 1.82) is 0 Å². The van der Waals surface area contributed by atoms with Gasteiger partial charge in [-0.05, 0) is 81.3 Å². The molecule has 0 radical (unpaired) electrons. The van der Waals surface area contributed by atoms with Gasteiger partial charge in [0.1, 0.15) is 36.3 Å².